The van der Waals surface area contributed by atoms with E-state index in [1.165, 1.54) is 81.9 Å². The lowest BCUT2D eigenvalue weighted by molar-refractivity contribution is 0.660. The maximum absolute atomic E-state index is 5.65. The first-order valence-corrected chi connectivity index (χ1v) is 25.7. The highest BCUT2D eigenvalue weighted by Crippen LogP contribution is 2.50. The van der Waals surface area contributed by atoms with Gasteiger partial charge in [0.05, 0.1) is 22.4 Å². The van der Waals surface area contributed by atoms with Crippen molar-refractivity contribution in [3.8, 4) is 73.0 Å². The lowest BCUT2D eigenvalue weighted by Gasteiger charge is -2.24. The first-order valence-electron chi connectivity index (χ1n) is 22.7. The molecule has 3 nitrogen and oxygen atoms in total. The van der Waals surface area contributed by atoms with E-state index >= 15 is 0 Å². The van der Waals surface area contributed by atoms with Gasteiger partial charge in [0.25, 0.3) is 0 Å². The number of aromatic nitrogens is 3. The Balaban J connectivity index is 1.14. The molecule has 4 heteroatoms. The fourth-order valence-electron chi connectivity index (χ4n) is 11.6. The van der Waals surface area contributed by atoms with Crippen molar-refractivity contribution in [1.29, 1.82) is 0 Å². The van der Waals surface area contributed by atoms with Gasteiger partial charge in [0.1, 0.15) is 8.07 Å². The number of hydrogen-bond donors (Lipinski definition) is 0. The SMILES string of the molecule is CC1(C)c2ccccc2-c2ccc(-c3cc(-c4ccccc4)nc(-c4cc5c(c6ccccc6n5-c5ccccc5)c5c6c(ccc45)-c4cccc(-c5ccccc5)c4[Si]6(C)C)n3)cc21. The third-order valence-electron chi connectivity index (χ3n) is 14.6. The summed E-state index contributed by atoms with van der Waals surface area (Å²) in [5, 5.41) is 8.03. The second-order valence-corrected chi connectivity index (χ2v) is 23.1. The molecule has 2 aliphatic rings. The van der Waals surface area contributed by atoms with Crippen LogP contribution in [0.2, 0.25) is 13.1 Å². The van der Waals surface area contributed by atoms with Crippen molar-refractivity contribution in [3.05, 3.63) is 211 Å². The molecule has 3 heterocycles. The van der Waals surface area contributed by atoms with Crippen LogP contribution in [0.5, 0.6) is 0 Å². The highest BCUT2D eigenvalue weighted by Gasteiger charge is 2.42. The molecule has 0 spiro atoms. The van der Waals surface area contributed by atoms with Crippen LogP contribution in [0.25, 0.3) is 106 Å². The Kier molecular flexibility index (Phi) is 8.10. The summed E-state index contributed by atoms with van der Waals surface area (Å²) >= 11 is 0. The van der Waals surface area contributed by atoms with Crippen LogP contribution in [0.3, 0.4) is 0 Å². The summed E-state index contributed by atoms with van der Waals surface area (Å²) in [4.78, 5) is 11.2. The highest BCUT2D eigenvalue weighted by molar-refractivity contribution is 7.06. The van der Waals surface area contributed by atoms with Crippen molar-refractivity contribution < 1.29 is 0 Å². The number of rotatable bonds is 5. The predicted molar refractivity (Wildman–Crippen MR) is 275 cm³/mol. The maximum atomic E-state index is 5.65. The first-order chi connectivity index (χ1) is 31.8. The molecule has 0 saturated carbocycles. The molecule has 0 N–H and O–H groups in total. The van der Waals surface area contributed by atoms with E-state index in [0.717, 1.165) is 45.1 Å². The van der Waals surface area contributed by atoms with Crippen molar-refractivity contribution >= 4 is 51.0 Å². The standard InChI is InChI=1S/C61H45N3Si/c1-61(2)50-29-16-14-25-43(50)44-32-31-40(35-51(44)61)53-37-52(39-21-10-6-11-22-39)62-60(63-53)49-36-55-56(48-26-15-17-30-54(48)64(55)41-23-12-7-13-24-41)57-45(49)33-34-47-46-28-18-27-42(38-19-8-5-9-20-38)58(46)65(3,4)59(47)57/h5-37H,1-4H3. The van der Waals surface area contributed by atoms with Gasteiger partial charge >= 0.3 is 0 Å². The highest BCUT2D eigenvalue weighted by atomic mass is 28.3. The van der Waals surface area contributed by atoms with Crippen molar-refractivity contribution in [2.24, 2.45) is 0 Å². The van der Waals surface area contributed by atoms with Crippen LogP contribution in [-0.4, -0.2) is 22.6 Å². The minimum absolute atomic E-state index is 0.138. The summed E-state index contributed by atoms with van der Waals surface area (Å²) in [5.74, 6) is 0.723. The lowest BCUT2D eigenvalue weighted by Crippen LogP contribution is -2.50. The fraction of sp³-hybridized carbons (Fsp3) is 0.0820. The van der Waals surface area contributed by atoms with Crippen molar-refractivity contribution in [3.63, 3.8) is 0 Å². The molecule has 0 bridgehead atoms. The van der Waals surface area contributed by atoms with E-state index in [-0.39, 0.29) is 5.41 Å². The van der Waals surface area contributed by atoms with E-state index in [1.54, 1.807) is 0 Å². The minimum atomic E-state index is -2.40. The average molecular weight is 848 g/mol. The van der Waals surface area contributed by atoms with Gasteiger partial charge in [-0.05, 0) is 102 Å². The van der Waals surface area contributed by atoms with Gasteiger partial charge in [-0.25, -0.2) is 9.97 Å². The third-order valence-corrected chi connectivity index (χ3v) is 18.1. The minimum Gasteiger partial charge on any atom is -0.309 e. The molecule has 0 saturated heterocycles. The molecule has 2 aromatic heterocycles. The Hall–Kier alpha value is -7.66. The van der Waals surface area contributed by atoms with Gasteiger partial charge in [0.15, 0.2) is 5.82 Å². The van der Waals surface area contributed by atoms with Gasteiger partial charge in [0.2, 0.25) is 0 Å². The normalized spacial score (nSPS) is 14.1. The number of nitrogens with zero attached hydrogens (tertiary/aromatic N) is 3. The summed E-state index contributed by atoms with van der Waals surface area (Å²) in [5.41, 5.74) is 19.0. The second-order valence-electron chi connectivity index (χ2n) is 18.9. The Bertz CT molecular complexity index is 3750. The van der Waals surface area contributed by atoms with Crippen LogP contribution in [-0.2, 0) is 5.41 Å². The summed E-state index contributed by atoms with van der Waals surface area (Å²) in [6.07, 6.45) is 0. The molecule has 13 rings (SSSR count). The smallest absolute Gasteiger partial charge is 0.161 e. The summed E-state index contributed by atoms with van der Waals surface area (Å²) in [7, 11) is -2.40. The first kappa shape index (κ1) is 37.9. The van der Waals surface area contributed by atoms with E-state index in [4.69, 9.17) is 9.97 Å². The Morgan fingerprint density at radius 2 is 1.00 bits per heavy atom. The van der Waals surface area contributed by atoms with Crippen LogP contribution < -0.4 is 10.4 Å². The Labute approximate surface area is 380 Å². The van der Waals surface area contributed by atoms with Gasteiger partial charge in [-0.15, -0.1) is 0 Å². The van der Waals surface area contributed by atoms with Crippen LogP contribution in [0.1, 0.15) is 25.0 Å². The quantitative estimate of drug-likeness (QED) is 0.162. The molecular formula is C61H45N3Si. The van der Waals surface area contributed by atoms with Gasteiger partial charge < -0.3 is 4.57 Å². The summed E-state index contributed by atoms with van der Waals surface area (Å²) in [6.45, 7) is 9.83. The molecule has 11 aromatic rings. The molecule has 0 amide bonds. The van der Waals surface area contributed by atoms with Gasteiger partial charge in [-0.1, -0.05) is 191 Å². The van der Waals surface area contributed by atoms with E-state index in [0.29, 0.717) is 0 Å². The molecule has 65 heavy (non-hydrogen) atoms. The molecule has 308 valence electrons. The molecule has 0 unspecified atom stereocenters. The van der Waals surface area contributed by atoms with E-state index in [1.807, 2.05) is 0 Å². The van der Waals surface area contributed by atoms with E-state index in [9.17, 15) is 0 Å². The Morgan fingerprint density at radius 1 is 0.400 bits per heavy atom. The number of benzene rings is 9. The fourth-order valence-corrected chi connectivity index (χ4v) is 15.5. The molecule has 0 radical (unpaired) electrons. The van der Waals surface area contributed by atoms with Crippen molar-refractivity contribution in [1.82, 2.24) is 14.5 Å². The monoisotopic (exact) mass is 847 g/mol. The summed E-state index contributed by atoms with van der Waals surface area (Å²) in [6, 6.07) is 73.5. The molecular weight excluding hydrogens is 803 g/mol. The number of hydrogen-bond acceptors (Lipinski definition) is 2. The summed E-state index contributed by atoms with van der Waals surface area (Å²) < 4.78 is 2.46. The number of para-hydroxylation sites is 2. The molecule has 1 aliphatic heterocycles. The van der Waals surface area contributed by atoms with Gasteiger partial charge in [0, 0.05) is 38.6 Å². The predicted octanol–water partition coefficient (Wildman–Crippen LogP) is 14.5. The van der Waals surface area contributed by atoms with E-state index in [2.05, 4.69) is 232 Å². The molecule has 0 atom stereocenters. The topological polar surface area (TPSA) is 30.7 Å². The Morgan fingerprint density at radius 3 is 1.78 bits per heavy atom. The van der Waals surface area contributed by atoms with Crippen LogP contribution in [0.15, 0.2) is 200 Å². The third kappa shape index (κ3) is 5.47. The zero-order valence-corrected chi connectivity index (χ0v) is 37.9. The van der Waals surface area contributed by atoms with Gasteiger partial charge in [-0.2, -0.15) is 0 Å². The van der Waals surface area contributed by atoms with Crippen LogP contribution >= 0.6 is 0 Å². The largest absolute Gasteiger partial charge is 0.309 e. The molecule has 9 aromatic carbocycles. The van der Waals surface area contributed by atoms with E-state index < -0.39 is 8.07 Å². The zero-order valence-electron chi connectivity index (χ0n) is 36.9. The van der Waals surface area contributed by atoms with Crippen molar-refractivity contribution in [2.45, 2.75) is 32.4 Å². The zero-order chi connectivity index (χ0) is 43.6. The van der Waals surface area contributed by atoms with Crippen molar-refractivity contribution in [2.75, 3.05) is 0 Å². The number of fused-ring (bicyclic) bond motifs is 12. The average Bonchev–Trinajstić information content (AvgIpc) is 3.91. The molecule has 1 aliphatic carbocycles. The lowest BCUT2D eigenvalue weighted by atomic mass is 9.82. The maximum Gasteiger partial charge on any atom is 0.161 e. The van der Waals surface area contributed by atoms with Crippen LogP contribution in [0, 0.1) is 0 Å². The van der Waals surface area contributed by atoms with Crippen LogP contribution in [0.4, 0.5) is 0 Å². The second kappa shape index (κ2) is 13.9. The molecule has 0 fully saturated rings. The van der Waals surface area contributed by atoms with Gasteiger partial charge in [-0.3, -0.25) is 0 Å².